The van der Waals surface area contributed by atoms with Crippen molar-refractivity contribution in [2.24, 2.45) is 18.9 Å². The molecular formula is C26H27FN7O3S+. The maximum absolute atomic E-state index is 14.1. The van der Waals surface area contributed by atoms with E-state index in [1.165, 1.54) is 27.4 Å². The third-order valence-corrected chi connectivity index (χ3v) is 9.38. The highest BCUT2D eigenvalue weighted by atomic mass is 32.2. The van der Waals surface area contributed by atoms with E-state index in [4.69, 9.17) is 0 Å². The van der Waals surface area contributed by atoms with Crippen molar-refractivity contribution in [2.75, 3.05) is 13.1 Å². The number of fused-ring (bicyclic) bond motifs is 2. The highest BCUT2D eigenvalue weighted by Crippen LogP contribution is 2.46. The number of Topliss-reactive ketones (excluding diaryl/α,β-unsaturated/α-hetero) is 1. The van der Waals surface area contributed by atoms with Crippen molar-refractivity contribution in [3.05, 3.63) is 83.3 Å². The van der Waals surface area contributed by atoms with Gasteiger partial charge in [-0.05, 0) is 78.4 Å². The number of aromatic nitrogens is 6. The lowest BCUT2D eigenvalue weighted by atomic mass is 9.66. The van der Waals surface area contributed by atoms with Crippen LogP contribution in [-0.2, 0) is 23.5 Å². The molecule has 3 atom stereocenters. The molecule has 0 saturated carbocycles. The van der Waals surface area contributed by atoms with E-state index < -0.39 is 15.9 Å². The SMILES string of the molecule is Cc1ccnc(C(=O)[C@@H]2c3cnn(-c4ccc(F)cc4)c3C[C@@H]3CCN(S(=O)(=O)c4c[nH+]n(C)n4)CC32)c1. The van der Waals surface area contributed by atoms with Crippen LogP contribution in [0.3, 0.4) is 0 Å². The summed E-state index contributed by atoms with van der Waals surface area (Å²) in [6, 6.07) is 9.67. The minimum atomic E-state index is -3.84. The summed E-state index contributed by atoms with van der Waals surface area (Å²) < 4.78 is 43.6. The van der Waals surface area contributed by atoms with E-state index in [1.807, 2.05) is 13.0 Å². The lowest BCUT2D eigenvalue weighted by molar-refractivity contribution is -0.492. The summed E-state index contributed by atoms with van der Waals surface area (Å²) in [5.41, 5.74) is 3.61. The number of carbonyl (C=O) groups is 1. The smallest absolute Gasteiger partial charge is 0.292 e. The maximum atomic E-state index is 14.1. The highest BCUT2D eigenvalue weighted by Gasteiger charge is 2.48. The summed E-state index contributed by atoms with van der Waals surface area (Å²) >= 11 is 0. The first kappa shape index (κ1) is 24.6. The number of sulfonamides is 1. The van der Waals surface area contributed by atoms with Crippen LogP contribution in [0.5, 0.6) is 0 Å². The van der Waals surface area contributed by atoms with E-state index >= 15 is 0 Å². The fourth-order valence-corrected chi connectivity index (χ4v) is 7.17. The van der Waals surface area contributed by atoms with Gasteiger partial charge in [-0.25, -0.2) is 17.5 Å². The van der Waals surface area contributed by atoms with E-state index in [0.717, 1.165) is 16.8 Å². The number of nitrogens with zero attached hydrogens (tertiary/aromatic N) is 6. The van der Waals surface area contributed by atoms with E-state index in [2.05, 4.69) is 20.3 Å². The molecule has 0 radical (unpaired) electrons. The van der Waals surface area contributed by atoms with Gasteiger partial charge in [0.1, 0.15) is 11.5 Å². The van der Waals surface area contributed by atoms with Gasteiger partial charge in [-0.1, -0.05) is 0 Å². The van der Waals surface area contributed by atoms with Crippen LogP contribution in [0.1, 0.15) is 39.6 Å². The highest BCUT2D eigenvalue weighted by molar-refractivity contribution is 7.89. The van der Waals surface area contributed by atoms with Gasteiger partial charge in [0.2, 0.25) is 0 Å². The zero-order valence-corrected chi connectivity index (χ0v) is 21.8. The number of ketones is 1. The molecule has 4 heterocycles. The van der Waals surface area contributed by atoms with Crippen molar-refractivity contribution in [3.63, 3.8) is 0 Å². The summed E-state index contributed by atoms with van der Waals surface area (Å²) in [7, 11) is -2.22. The first-order chi connectivity index (χ1) is 18.2. The second-order valence-corrected chi connectivity index (χ2v) is 11.9. The molecule has 38 heavy (non-hydrogen) atoms. The number of pyridine rings is 1. The number of carbonyl (C=O) groups excluding carboxylic acids is 1. The molecule has 1 aliphatic heterocycles. The Morgan fingerprint density at radius 2 is 1.97 bits per heavy atom. The number of nitrogens with one attached hydrogen (secondary N) is 1. The van der Waals surface area contributed by atoms with E-state index in [1.54, 1.807) is 42.3 Å². The largest absolute Gasteiger partial charge is 0.346 e. The molecule has 2 aliphatic rings. The monoisotopic (exact) mass is 536 g/mol. The maximum Gasteiger partial charge on any atom is 0.346 e. The molecule has 0 amide bonds. The Kier molecular flexibility index (Phi) is 5.95. The van der Waals surface area contributed by atoms with Crippen LogP contribution in [-0.4, -0.2) is 56.3 Å². The van der Waals surface area contributed by atoms with E-state index in [9.17, 15) is 17.6 Å². The molecule has 3 aromatic heterocycles. The molecule has 0 spiro atoms. The van der Waals surface area contributed by atoms with Crippen molar-refractivity contribution in [3.8, 4) is 5.69 Å². The summed E-state index contributed by atoms with van der Waals surface area (Å²) in [6.45, 7) is 2.41. The Labute approximate surface area is 219 Å². The van der Waals surface area contributed by atoms with Crippen LogP contribution >= 0.6 is 0 Å². The number of halogens is 1. The van der Waals surface area contributed by atoms with Crippen LogP contribution < -0.4 is 5.10 Å². The number of piperidine rings is 1. The number of hydrogen-bond acceptors (Lipinski definition) is 6. The molecule has 1 saturated heterocycles. The van der Waals surface area contributed by atoms with E-state index in [-0.39, 0.29) is 35.0 Å². The molecule has 1 fully saturated rings. The Morgan fingerprint density at radius 1 is 1.18 bits per heavy atom. The number of aromatic amines is 1. The average Bonchev–Trinajstić information content (AvgIpc) is 3.54. The fraction of sp³-hybridized carbons (Fsp3) is 0.346. The number of aryl methyl sites for hydroxylation is 2. The predicted molar refractivity (Wildman–Crippen MR) is 133 cm³/mol. The Bertz CT molecular complexity index is 1630. The Balaban J connectivity index is 1.42. The Hall–Kier alpha value is -3.77. The van der Waals surface area contributed by atoms with Gasteiger partial charge < -0.3 is 0 Å². The van der Waals surface area contributed by atoms with Gasteiger partial charge in [0.25, 0.3) is 10.0 Å². The second-order valence-electron chi connectivity index (χ2n) is 10.0. The summed E-state index contributed by atoms with van der Waals surface area (Å²) in [5.74, 6) is -1.33. The van der Waals surface area contributed by atoms with Crippen molar-refractivity contribution in [2.45, 2.75) is 30.7 Å². The lowest BCUT2D eigenvalue weighted by Gasteiger charge is -2.43. The predicted octanol–water partition coefficient (Wildman–Crippen LogP) is 2.11. The van der Waals surface area contributed by atoms with Crippen molar-refractivity contribution < 1.29 is 22.7 Å². The normalized spacial score (nSPS) is 21.6. The first-order valence-electron chi connectivity index (χ1n) is 12.4. The second kappa shape index (κ2) is 9.21. The zero-order chi connectivity index (χ0) is 26.6. The van der Waals surface area contributed by atoms with E-state index in [0.29, 0.717) is 30.8 Å². The summed E-state index contributed by atoms with van der Waals surface area (Å²) in [5, 5.41) is 11.4. The number of rotatable bonds is 5. The molecule has 196 valence electrons. The van der Waals surface area contributed by atoms with Gasteiger partial charge in [-0.3, -0.25) is 9.78 Å². The number of benzene rings is 1. The van der Waals surface area contributed by atoms with Gasteiger partial charge in [0.15, 0.2) is 12.0 Å². The van der Waals surface area contributed by atoms with Crippen LogP contribution in [0, 0.1) is 24.6 Å². The zero-order valence-electron chi connectivity index (χ0n) is 21.0. The third kappa shape index (κ3) is 4.13. The third-order valence-electron chi connectivity index (χ3n) is 7.64. The van der Waals surface area contributed by atoms with Crippen molar-refractivity contribution in [1.29, 1.82) is 0 Å². The van der Waals surface area contributed by atoms with Gasteiger partial charge in [0, 0.05) is 30.5 Å². The molecule has 1 aliphatic carbocycles. The number of H-pyrrole nitrogens is 1. The summed E-state index contributed by atoms with van der Waals surface area (Å²) in [6.07, 6.45) is 5.88. The van der Waals surface area contributed by atoms with Gasteiger partial charge in [-0.2, -0.15) is 14.5 Å². The summed E-state index contributed by atoms with van der Waals surface area (Å²) in [4.78, 5) is 19.7. The van der Waals surface area contributed by atoms with Crippen LogP contribution in [0.15, 0.2) is 60.0 Å². The Morgan fingerprint density at radius 3 is 2.68 bits per heavy atom. The van der Waals surface area contributed by atoms with Gasteiger partial charge >= 0.3 is 5.03 Å². The molecule has 10 nitrogen and oxygen atoms in total. The quantitative estimate of drug-likeness (QED) is 0.361. The van der Waals surface area contributed by atoms with Crippen LogP contribution in [0.4, 0.5) is 4.39 Å². The number of hydrogen-bond donors (Lipinski definition) is 0. The van der Waals surface area contributed by atoms with Gasteiger partial charge in [-0.15, -0.1) is 0 Å². The average molecular weight is 537 g/mol. The van der Waals surface area contributed by atoms with Crippen LogP contribution in [0.25, 0.3) is 5.69 Å². The molecule has 1 unspecified atom stereocenters. The molecule has 1 N–H and O–H groups in total. The topological polar surface area (TPSA) is 117 Å². The minimum absolute atomic E-state index is 0.0534. The molecule has 12 heteroatoms. The lowest BCUT2D eigenvalue weighted by Crippen LogP contribution is -2.49. The molecular weight excluding hydrogens is 509 g/mol. The first-order valence-corrected chi connectivity index (χ1v) is 13.9. The molecule has 4 aromatic rings. The molecule has 6 rings (SSSR count). The van der Waals surface area contributed by atoms with Crippen molar-refractivity contribution >= 4 is 15.8 Å². The molecule has 1 aromatic carbocycles. The van der Waals surface area contributed by atoms with Crippen molar-refractivity contribution in [1.82, 2.24) is 29.0 Å². The van der Waals surface area contributed by atoms with Gasteiger partial charge in [0.05, 0.1) is 29.9 Å². The minimum Gasteiger partial charge on any atom is -0.292 e. The fourth-order valence-electron chi connectivity index (χ4n) is 5.76. The molecule has 0 bridgehead atoms. The van der Waals surface area contributed by atoms with Crippen LogP contribution in [0.2, 0.25) is 0 Å². The standard InChI is InChI=1S/C26H26FN7O3S/c1-16-7-9-28-22(11-16)26(35)25-20-13-30-34(19-5-3-18(27)4-6-19)23(20)12-17-8-10-33(15-21(17)25)38(36,37)24-14-29-32(2)31-24/h3-7,9,11,13-14,17,21,25H,8,10,12,15H2,1-2H3/p+1/t17-,21?,25+/m0/s1.